The minimum Gasteiger partial charge on any atom is -0.490 e. The predicted octanol–water partition coefficient (Wildman–Crippen LogP) is 5.56. The van der Waals surface area contributed by atoms with Crippen LogP contribution in [0, 0.1) is 17.7 Å². The molecule has 2 aliphatic carbocycles. The molecule has 0 saturated heterocycles. The lowest BCUT2D eigenvalue weighted by atomic mass is 9.86. The number of benzene rings is 2. The van der Waals surface area contributed by atoms with Crippen LogP contribution in [0.3, 0.4) is 0 Å². The maximum Gasteiger partial charge on any atom is 0.306 e. The summed E-state index contributed by atoms with van der Waals surface area (Å²) in [5.41, 5.74) is 0.603. The van der Waals surface area contributed by atoms with Gasteiger partial charge in [0.05, 0.1) is 18.1 Å². The Hall–Kier alpha value is -3.42. The molecule has 38 heavy (non-hydrogen) atoms. The lowest BCUT2D eigenvalue weighted by Gasteiger charge is -2.28. The molecule has 7 nitrogen and oxygen atoms in total. The van der Waals surface area contributed by atoms with E-state index in [0.717, 1.165) is 0 Å². The number of ether oxygens (including phenoxy) is 2. The van der Waals surface area contributed by atoms with Gasteiger partial charge in [-0.05, 0) is 94.2 Å². The zero-order chi connectivity index (χ0) is 26.9. The van der Waals surface area contributed by atoms with E-state index in [2.05, 4.69) is 5.32 Å². The highest BCUT2D eigenvalue weighted by Gasteiger charge is 2.28. The van der Waals surface area contributed by atoms with Crippen molar-refractivity contribution < 1.29 is 33.4 Å². The average molecular weight is 526 g/mol. The largest absolute Gasteiger partial charge is 0.490 e. The summed E-state index contributed by atoms with van der Waals surface area (Å²) in [6, 6.07) is 13.4. The van der Waals surface area contributed by atoms with Crippen LogP contribution in [-0.4, -0.2) is 41.5 Å². The summed E-state index contributed by atoms with van der Waals surface area (Å²) in [5, 5.41) is 12.1. The van der Waals surface area contributed by atoms with Gasteiger partial charge in [0.1, 0.15) is 5.75 Å². The molecule has 0 heterocycles. The number of para-hydroxylation sites is 1. The molecule has 204 valence electrons. The number of amides is 1. The van der Waals surface area contributed by atoms with Gasteiger partial charge in [0.2, 0.25) is 5.91 Å². The molecule has 2 saturated carbocycles. The Balaban J connectivity index is 1.11. The Kier molecular flexibility index (Phi) is 9.73. The number of halogens is 1. The highest BCUT2D eigenvalue weighted by atomic mass is 19.1. The first-order valence-corrected chi connectivity index (χ1v) is 13.6. The van der Waals surface area contributed by atoms with Crippen molar-refractivity contribution in [2.75, 3.05) is 6.54 Å². The smallest absolute Gasteiger partial charge is 0.306 e. The van der Waals surface area contributed by atoms with Gasteiger partial charge in [0.15, 0.2) is 17.3 Å². The predicted molar refractivity (Wildman–Crippen MR) is 140 cm³/mol. The molecule has 0 unspecified atom stereocenters. The van der Waals surface area contributed by atoms with Crippen molar-refractivity contribution in [1.82, 2.24) is 5.32 Å². The summed E-state index contributed by atoms with van der Waals surface area (Å²) < 4.78 is 25.5. The third-order valence-electron chi connectivity index (χ3n) is 7.56. The number of ketones is 1. The van der Waals surface area contributed by atoms with Crippen molar-refractivity contribution in [3.05, 3.63) is 59.9 Å². The van der Waals surface area contributed by atoms with Gasteiger partial charge >= 0.3 is 5.97 Å². The van der Waals surface area contributed by atoms with Crippen molar-refractivity contribution in [1.29, 1.82) is 0 Å². The SMILES string of the molecule is O=C(CCCNC(=O)C1CCC(Oc2ccccc2F)CC1)c1ccc(OC2CCC(C(=O)O)CC2)cc1. The van der Waals surface area contributed by atoms with Crippen LogP contribution in [0.1, 0.15) is 74.6 Å². The van der Waals surface area contributed by atoms with Crippen molar-refractivity contribution in [2.24, 2.45) is 11.8 Å². The Labute approximate surface area is 222 Å². The van der Waals surface area contributed by atoms with Gasteiger partial charge in [-0.25, -0.2) is 4.39 Å². The van der Waals surface area contributed by atoms with Crippen LogP contribution in [-0.2, 0) is 9.59 Å². The molecule has 0 bridgehead atoms. The summed E-state index contributed by atoms with van der Waals surface area (Å²) in [7, 11) is 0. The first-order valence-electron chi connectivity index (χ1n) is 13.6. The number of carboxylic acid groups (broad SMARTS) is 1. The molecule has 2 aromatic carbocycles. The second kappa shape index (κ2) is 13.4. The van der Waals surface area contributed by atoms with Gasteiger partial charge in [0, 0.05) is 24.4 Å². The van der Waals surface area contributed by atoms with E-state index in [9.17, 15) is 18.8 Å². The van der Waals surface area contributed by atoms with Gasteiger partial charge in [-0.3, -0.25) is 14.4 Å². The zero-order valence-corrected chi connectivity index (χ0v) is 21.6. The minimum absolute atomic E-state index is 0.000630. The van der Waals surface area contributed by atoms with Gasteiger partial charge in [-0.1, -0.05) is 12.1 Å². The summed E-state index contributed by atoms with van der Waals surface area (Å²) in [6.45, 7) is 0.441. The average Bonchev–Trinajstić information content (AvgIpc) is 2.93. The number of rotatable bonds is 11. The fourth-order valence-corrected chi connectivity index (χ4v) is 5.25. The van der Waals surface area contributed by atoms with Crippen LogP contribution in [0.5, 0.6) is 11.5 Å². The summed E-state index contributed by atoms with van der Waals surface area (Å²) in [6.07, 6.45) is 6.28. The van der Waals surface area contributed by atoms with E-state index in [0.29, 0.717) is 82.1 Å². The Morgan fingerprint density at radius 2 is 1.42 bits per heavy atom. The summed E-state index contributed by atoms with van der Waals surface area (Å²) in [4.78, 5) is 36.2. The summed E-state index contributed by atoms with van der Waals surface area (Å²) in [5.74, 6) is -0.517. The van der Waals surface area contributed by atoms with Crippen molar-refractivity contribution in [3.8, 4) is 11.5 Å². The lowest BCUT2D eigenvalue weighted by Crippen LogP contribution is -2.36. The maximum atomic E-state index is 13.8. The molecule has 8 heteroatoms. The molecular formula is C30H36FNO6. The molecule has 2 N–H and O–H groups in total. The van der Waals surface area contributed by atoms with Gasteiger partial charge in [0.25, 0.3) is 0 Å². The van der Waals surface area contributed by atoms with Crippen molar-refractivity contribution >= 4 is 17.7 Å². The van der Waals surface area contributed by atoms with Crippen LogP contribution in [0.4, 0.5) is 4.39 Å². The highest BCUT2D eigenvalue weighted by Crippen LogP contribution is 2.30. The van der Waals surface area contributed by atoms with E-state index in [1.165, 1.54) is 6.07 Å². The monoisotopic (exact) mass is 525 g/mol. The molecule has 2 aromatic rings. The normalized spacial score (nSPS) is 23.3. The van der Waals surface area contributed by atoms with Crippen LogP contribution >= 0.6 is 0 Å². The number of hydrogen-bond donors (Lipinski definition) is 2. The standard InChI is InChI=1S/C30H36FNO6/c31-26-4-1-2-6-28(26)38-25-15-9-21(10-16-25)29(34)32-19-3-5-27(33)20-7-13-23(14-8-20)37-24-17-11-22(12-18-24)30(35)36/h1-2,4,6-8,13-14,21-22,24-25H,3,5,9-12,15-19H2,(H,32,34)(H,35,36). The molecular weight excluding hydrogens is 489 g/mol. The van der Waals surface area contributed by atoms with Crippen LogP contribution in [0.25, 0.3) is 0 Å². The van der Waals surface area contributed by atoms with Gasteiger partial charge in [-0.2, -0.15) is 0 Å². The lowest BCUT2D eigenvalue weighted by molar-refractivity contribution is -0.143. The molecule has 0 radical (unpaired) electrons. The van der Waals surface area contributed by atoms with E-state index in [1.54, 1.807) is 42.5 Å². The van der Waals surface area contributed by atoms with Crippen LogP contribution in [0.15, 0.2) is 48.5 Å². The van der Waals surface area contributed by atoms with E-state index < -0.39 is 5.97 Å². The van der Waals surface area contributed by atoms with Crippen LogP contribution in [0.2, 0.25) is 0 Å². The third kappa shape index (κ3) is 7.79. The Morgan fingerprint density at radius 1 is 0.816 bits per heavy atom. The van der Waals surface area contributed by atoms with E-state index in [4.69, 9.17) is 14.6 Å². The minimum atomic E-state index is -0.735. The first-order chi connectivity index (χ1) is 18.4. The maximum absolute atomic E-state index is 13.8. The molecule has 0 aliphatic heterocycles. The quantitative estimate of drug-likeness (QED) is 0.294. The first kappa shape index (κ1) is 27.6. The molecule has 4 rings (SSSR count). The number of hydrogen-bond acceptors (Lipinski definition) is 5. The number of carbonyl (C=O) groups is 3. The van der Waals surface area contributed by atoms with Crippen LogP contribution < -0.4 is 14.8 Å². The molecule has 1 amide bonds. The second-order valence-electron chi connectivity index (χ2n) is 10.3. The fraction of sp³-hybridized carbons (Fsp3) is 0.500. The highest BCUT2D eigenvalue weighted by molar-refractivity contribution is 5.96. The number of nitrogens with one attached hydrogen (secondary N) is 1. The molecule has 0 aromatic heterocycles. The van der Waals surface area contributed by atoms with E-state index in [1.807, 2.05) is 0 Å². The van der Waals surface area contributed by atoms with Gasteiger partial charge in [-0.15, -0.1) is 0 Å². The molecule has 0 atom stereocenters. The number of Topliss-reactive ketones (excluding diaryl/α,β-unsaturated/α-hetero) is 1. The second-order valence-corrected chi connectivity index (χ2v) is 10.3. The van der Waals surface area contributed by atoms with Crippen molar-refractivity contribution in [3.63, 3.8) is 0 Å². The third-order valence-corrected chi connectivity index (χ3v) is 7.56. The van der Waals surface area contributed by atoms with Crippen molar-refractivity contribution in [2.45, 2.75) is 76.4 Å². The molecule has 2 fully saturated rings. The van der Waals surface area contributed by atoms with E-state index in [-0.39, 0.29) is 47.3 Å². The number of carbonyl (C=O) groups excluding carboxylic acids is 2. The molecule has 0 spiro atoms. The fourth-order valence-electron chi connectivity index (χ4n) is 5.25. The number of aliphatic carboxylic acids is 1. The van der Waals surface area contributed by atoms with Gasteiger partial charge < -0.3 is 19.9 Å². The number of carboxylic acids is 1. The Morgan fingerprint density at radius 3 is 2.05 bits per heavy atom. The zero-order valence-electron chi connectivity index (χ0n) is 21.6. The Bertz CT molecular complexity index is 1090. The van der Waals surface area contributed by atoms with E-state index >= 15 is 0 Å². The molecule has 2 aliphatic rings. The summed E-state index contributed by atoms with van der Waals surface area (Å²) >= 11 is 0. The topological polar surface area (TPSA) is 102 Å².